The first-order valence-corrected chi connectivity index (χ1v) is 9.26. The standard InChI is InChI=1S/C19H28N2O4/c22-17-5-3-4-16(18(17)23)20-19(24)14-6-8-15(9-7-14)25-13-12-21-10-1-2-11-21/h6-9,16-18,22-23H,1-5,10-13H2,(H,20,24)/t16-,17-,18-/m1/s1. The van der Waals surface area contributed by atoms with Crippen LogP contribution in [0, 0.1) is 0 Å². The summed E-state index contributed by atoms with van der Waals surface area (Å²) in [6.07, 6.45) is 2.95. The van der Waals surface area contributed by atoms with Gasteiger partial charge in [0.05, 0.1) is 18.2 Å². The summed E-state index contributed by atoms with van der Waals surface area (Å²) in [7, 11) is 0. The van der Waals surface area contributed by atoms with Crippen molar-refractivity contribution in [3.05, 3.63) is 29.8 Å². The molecule has 0 unspecified atom stereocenters. The van der Waals surface area contributed by atoms with Crippen LogP contribution in [0.1, 0.15) is 42.5 Å². The molecule has 3 rings (SSSR count). The molecule has 1 heterocycles. The molecule has 1 aromatic carbocycles. The highest BCUT2D eigenvalue weighted by atomic mass is 16.5. The summed E-state index contributed by atoms with van der Waals surface area (Å²) in [6, 6.07) is 6.65. The molecule has 0 aromatic heterocycles. The molecule has 6 nitrogen and oxygen atoms in total. The van der Waals surface area contributed by atoms with Crippen molar-refractivity contribution in [2.45, 2.75) is 50.4 Å². The van der Waals surface area contributed by atoms with Crippen LogP contribution in [-0.2, 0) is 0 Å². The van der Waals surface area contributed by atoms with Gasteiger partial charge in [-0.1, -0.05) is 0 Å². The van der Waals surface area contributed by atoms with Gasteiger partial charge in [0.2, 0.25) is 0 Å². The molecule has 25 heavy (non-hydrogen) atoms. The number of hydrogen-bond donors (Lipinski definition) is 3. The van der Waals surface area contributed by atoms with E-state index in [1.807, 2.05) is 0 Å². The first kappa shape index (κ1) is 18.2. The Balaban J connectivity index is 1.46. The average molecular weight is 348 g/mol. The smallest absolute Gasteiger partial charge is 0.251 e. The van der Waals surface area contributed by atoms with Crippen molar-refractivity contribution in [1.29, 1.82) is 0 Å². The van der Waals surface area contributed by atoms with Gasteiger partial charge in [-0.05, 0) is 69.5 Å². The van der Waals surface area contributed by atoms with E-state index in [-0.39, 0.29) is 5.91 Å². The molecule has 1 aliphatic heterocycles. The summed E-state index contributed by atoms with van der Waals surface area (Å²) in [4.78, 5) is 14.7. The van der Waals surface area contributed by atoms with Crippen LogP contribution in [0.25, 0.3) is 0 Å². The van der Waals surface area contributed by atoms with E-state index in [0.29, 0.717) is 25.0 Å². The minimum Gasteiger partial charge on any atom is -0.492 e. The molecule has 1 amide bonds. The number of carbonyl (C=O) groups is 1. The summed E-state index contributed by atoms with van der Waals surface area (Å²) in [5.74, 6) is 0.519. The van der Waals surface area contributed by atoms with Crippen LogP contribution in [0.4, 0.5) is 0 Å². The SMILES string of the molecule is O=C(N[C@@H]1CCC[C@@H](O)[C@@H]1O)c1ccc(OCCN2CCCC2)cc1. The fraction of sp³-hybridized carbons (Fsp3) is 0.632. The van der Waals surface area contributed by atoms with Gasteiger partial charge in [0.25, 0.3) is 5.91 Å². The number of nitrogens with zero attached hydrogens (tertiary/aromatic N) is 1. The maximum Gasteiger partial charge on any atom is 0.251 e. The van der Waals surface area contributed by atoms with E-state index in [9.17, 15) is 15.0 Å². The lowest BCUT2D eigenvalue weighted by Gasteiger charge is -2.32. The molecule has 138 valence electrons. The predicted molar refractivity (Wildman–Crippen MR) is 94.7 cm³/mol. The molecule has 2 fully saturated rings. The van der Waals surface area contributed by atoms with Gasteiger partial charge in [0.15, 0.2) is 0 Å². The van der Waals surface area contributed by atoms with Gasteiger partial charge in [-0.2, -0.15) is 0 Å². The monoisotopic (exact) mass is 348 g/mol. The highest BCUT2D eigenvalue weighted by Gasteiger charge is 2.31. The molecule has 6 heteroatoms. The Labute approximate surface area is 148 Å². The maximum atomic E-state index is 12.3. The van der Waals surface area contributed by atoms with Gasteiger partial charge in [0.1, 0.15) is 12.4 Å². The number of benzene rings is 1. The molecule has 3 atom stereocenters. The third-order valence-electron chi connectivity index (χ3n) is 5.13. The summed E-state index contributed by atoms with van der Waals surface area (Å²) >= 11 is 0. The lowest BCUT2D eigenvalue weighted by molar-refractivity contribution is -0.0278. The van der Waals surface area contributed by atoms with Crippen LogP contribution < -0.4 is 10.1 Å². The van der Waals surface area contributed by atoms with Crippen LogP contribution >= 0.6 is 0 Å². The number of amides is 1. The second kappa shape index (κ2) is 8.65. The third-order valence-corrected chi connectivity index (χ3v) is 5.13. The van der Waals surface area contributed by atoms with Gasteiger partial charge in [0, 0.05) is 12.1 Å². The fourth-order valence-electron chi connectivity index (χ4n) is 3.57. The molecule has 0 spiro atoms. The summed E-state index contributed by atoms with van der Waals surface area (Å²) in [5, 5.41) is 22.5. The minimum absolute atomic E-state index is 0.234. The van der Waals surface area contributed by atoms with Crippen molar-refractivity contribution >= 4 is 5.91 Å². The number of rotatable bonds is 6. The lowest BCUT2D eigenvalue weighted by atomic mass is 9.90. The van der Waals surface area contributed by atoms with E-state index < -0.39 is 18.2 Å². The van der Waals surface area contributed by atoms with Crippen LogP contribution in [0.2, 0.25) is 0 Å². The largest absolute Gasteiger partial charge is 0.492 e. The van der Waals surface area contributed by atoms with Gasteiger partial charge in [-0.3, -0.25) is 9.69 Å². The molecular weight excluding hydrogens is 320 g/mol. The zero-order valence-electron chi connectivity index (χ0n) is 14.6. The Hall–Kier alpha value is -1.63. The van der Waals surface area contributed by atoms with Crippen molar-refractivity contribution in [1.82, 2.24) is 10.2 Å². The van der Waals surface area contributed by atoms with E-state index in [1.165, 1.54) is 12.8 Å². The Morgan fingerprint density at radius 2 is 1.84 bits per heavy atom. The Morgan fingerprint density at radius 1 is 1.12 bits per heavy atom. The van der Waals surface area contributed by atoms with Gasteiger partial charge in [-0.25, -0.2) is 0 Å². The molecule has 2 aliphatic rings. The van der Waals surface area contributed by atoms with Crippen LogP contribution in [-0.4, -0.2) is 65.5 Å². The predicted octanol–water partition coefficient (Wildman–Crippen LogP) is 1.17. The van der Waals surface area contributed by atoms with Crippen molar-refractivity contribution in [3.63, 3.8) is 0 Å². The van der Waals surface area contributed by atoms with Crippen molar-refractivity contribution < 1.29 is 19.7 Å². The number of hydrogen-bond acceptors (Lipinski definition) is 5. The fourth-order valence-corrected chi connectivity index (χ4v) is 3.57. The number of aliphatic hydroxyl groups excluding tert-OH is 2. The van der Waals surface area contributed by atoms with Crippen LogP contribution in [0.15, 0.2) is 24.3 Å². The molecule has 1 aromatic rings. The van der Waals surface area contributed by atoms with E-state index in [2.05, 4.69) is 10.2 Å². The minimum atomic E-state index is -0.897. The second-order valence-corrected chi connectivity index (χ2v) is 6.99. The second-order valence-electron chi connectivity index (χ2n) is 6.99. The van der Waals surface area contributed by atoms with Crippen molar-refractivity contribution in [2.24, 2.45) is 0 Å². The number of carbonyl (C=O) groups excluding carboxylic acids is 1. The van der Waals surface area contributed by atoms with Gasteiger partial charge >= 0.3 is 0 Å². The molecule has 0 bridgehead atoms. The number of ether oxygens (including phenoxy) is 1. The maximum absolute atomic E-state index is 12.3. The third kappa shape index (κ3) is 4.93. The summed E-state index contributed by atoms with van der Waals surface area (Å²) in [6.45, 7) is 3.90. The Bertz CT molecular complexity index is 557. The number of aliphatic hydroxyl groups is 2. The average Bonchev–Trinajstić information content (AvgIpc) is 3.13. The van der Waals surface area contributed by atoms with Gasteiger partial charge in [-0.15, -0.1) is 0 Å². The van der Waals surface area contributed by atoms with Gasteiger partial charge < -0.3 is 20.3 Å². The number of nitrogens with one attached hydrogen (secondary N) is 1. The molecule has 1 aliphatic carbocycles. The van der Waals surface area contributed by atoms with Crippen molar-refractivity contribution in [2.75, 3.05) is 26.2 Å². The Morgan fingerprint density at radius 3 is 2.56 bits per heavy atom. The van der Waals surface area contributed by atoms with Crippen molar-refractivity contribution in [3.8, 4) is 5.75 Å². The number of likely N-dealkylation sites (tertiary alicyclic amines) is 1. The van der Waals surface area contributed by atoms with E-state index in [1.54, 1.807) is 24.3 Å². The molecule has 1 saturated heterocycles. The van der Waals surface area contributed by atoms with E-state index >= 15 is 0 Å². The van der Waals surface area contributed by atoms with Crippen LogP contribution in [0.3, 0.4) is 0 Å². The highest BCUT2D eigenvalue weighted by molar-refractivity contribution is 5.94. The highest BCUT2D eigenvalue weighted by Crippen LogP contribution is 2.20. The zero-order chi connectivity index (χ0) is 17.6. The van der Waals surface area contributed by atoms with E-state index in [0.717, 1.165) is 31.8 Å². The first-order valence-electron chi connectivity index (χ1n) is 9.26. The lowest BCUT2D eigenvalue weighted by Crippen LogP contribution is -2.51. The summed E-state index contributed by atoms with van der Waals surface area (Å²) in [5.41, 5.74) is 0.527. The molecule has 1 saturated carbocycles. The molecule has 0 radical (unpaired) electrons. The van der Waals surface area contributed by atoms with E-state index in [4.69, 9.17) is 4.74 Å². The normalized spacial score (nSPS) is 27.2. The van der Waals surface area contributed by atoms with Crippen LogP contribution in [0.5, 0.6) is 5.75 Å². The summed E-state index contributed by atoms with van der Waals surface area (Å²) < 4.78 is 5.74. The zero-order valence-corrected chi connectivity index (χ0v) is 14.6. The Kier molecular flexibility index (Phi) is 6.29. The topological polar surface area (TPSA) is 82.0 Å². The molecule has 3 N–H and O–H groups in total. The molecular formula is C19H28N2O4. The quantitative estimate of drug-likeness (QED) is 0.719. The first-order chi connectivity index (χ1) is 12.1.